The lowest BCUT2D eigenvalue weighted by Gasteiger charge is -2.60. The van der Waals surface area contributed by atoms with Gasteiger partial charge in [-0.1, -0.05) is 33.8 Å². The standard InChI is InChI=1S/C26H42N2O2S/c1-16(2)31-28(18(4)29)17(3)20-9-10-21-19-8-11-23-26(6,15-13-24(30)27(23)7)22(19)12-14-25(20,21)5/h13,15-17,19-23H,8-12,14H2,1-7H3/t17?,19-,20+,21-,22-,23+,25+,26+/m0/s1. The Hall–Kier alpha value is -0.970. The average Bonchev–Trinajstić information content (AvgIpc) is 3.05. The van der Waals surface area contributed by atoms with Crippen molar-refractivity contribution in [1.82, 2.24) is 9.21 Å². The van der Waals surface area contributed by atoms with E-state index in [1.807, 2.05) is 18.0 Å². The van der Waals surface area contributed by atoms with Crippen molar-refractivity contribution in [2.24, 2.45) is 34.5 Å². The Kier molecular flexibility index (Phi) is 6.07. The molecule has 0 N–H and O–H groups in total. The molecule has 174 valence electrons. The fourth-order valence-electron chi connectivity index (χ4n) is 8.42. The third kappa shape index (κ3) is 3.57. The van der Waals surface area contributed by atoms with Crippen LogP contribution < -0.4 is 0 Å². The normalized spacial score (nSPS) is 42.8. The van der Waals surface area contributed by atoms with Crippen LogP contribution in [0.25, 0.3) is 0 Å². The highest BCUT2D eigenvalue weighted by molar-refractivity contribution is 7.98. The van der Waals surface area contributed by atoms with Crippen molar-refractivity contribution in [3.63, 3.8) is 0 Å². The molecule has 5 heteroatoms. The first kappa shape index (κ1) is 23.2. The molecule has 31 heavy (non-hydrogen) atoms. The Morgan fingerprint density at radius 1 is 1.13 bits per heavy atom. The summed E-state index contributed by atoms with van der Waals surface area (Å²) in [7, 11) is 2.00. The molecule has 0 aromatic carbocycles. The van der Waals surface area contributed by atoms with E-state index in [0.29, 0.717) is 28.5 Å². The predicted octanol–water partition coefficient (Wildman–Crippen LogP) is 5.54. The molecule has 3 fully saturated rings. The highest BCUT2D eigenvalue weighted by Crippen LogP contribution is 2.66. The summed E-state index contributed by atoms with van der Waals surface area (Å²) in [6, 6.07) is 0.629. The highest BCUT2D eigenvalue weighted by atomic mass is 32.2. The second kappa shape index (κ2) is 8.11. The molecule has 0 radical (unpaired) electrons. The summed E-state index contributed by atoms with van der Waals surface area (Å²) in [5.41, 5.74) is 0.421. The third-order valence-electron chi connectivity index (χ3n) is 9.79. The molecular weight excluding hydrogens is 404 g/mol. The van der Waals surface area contributed by atoms with E-state index in [-0.39, 0.29) is 23.3 Å². The summed E-state index contributed by atoms with van der Waals surface area (Å²) >= 11 is 1.72. The van der Waals surface area contributed by atoms with Crippen molar-refractivity contribution in [1.29, 1.82) is 0 Å². The predicted molar refractivity (Wildman–Crippen MR) is 128 cm³/mol. The molecule has 4 aliphatic rings. The number of carbonyl (C=O) groups is 2. The van der Waals surface area contributed by atoms with Crippen LogP contribution >= 0.6 is 11.9 Å². The lowest BCUT2D eigenvalue weighted by molar-refractivity contribution is -0.140. The van der Waals surface area contributed by atoms with Crippen molar-refractivity contribution >= 4 is 23.8 Å². The summed E-state index contributed by atoms with van der Waals surface area (Å²) in [6.45, 7) is 13.3. The minimum Gasteiger partial charge on any atom is -0.338 e. The molecule has 0 aromatic rings. The lowest BCUT2D eigenvalue weighted by atomic mass is 9.47. The molecule has 0 bridgehead atoms. The van der Waals surface area contributed by atoms with Crippen LogP contribution in [-0.4, -0.2) is 45.4 Å². The summed E-state index contributed by atoms with van der Waals surface area (Å²) in [4.78, 5) is 26.8. The average molecular weight is 447 g/mol. The zero-order valence-electron chi connectivity index (χ0n) is 20.6. The monoisotopic (exact) mass is 446 g/mol. The van der Waals surface area contributed by atoms with Gasteiger partial charge in [0.15, 0.2) is 0 Å². The molecule has 0 aromatic heterocycles. The topological polar surface area (TPSA) is 40.6 Å². The maximum atomic E-state index is 12.5. The smallest absolute Gasteiger partial charge is 0.246 e. The second-order valence-corrected chi connectivity index (χ2v) is 13.1. The molecule has 2 amide bonds. The van der Waals surface area contributed by atoms with Crippen LogP contribution in [0.3, 0.4) is 0 Å². The molecule has 0 spiro atoms. The number of hydrogen-bond donors (Lipinski definition) is 0. The summed E-state index contributed by atoms with van der Waals surface area (Å²) in [6.07, 6.45) is 11.5. The molecule has 1 unspecified atom stereocenters. The van der Waals surface area contributed by atoms with E-state index in [1.165, 1.54) is 32.1 Å². The Bertz CT molecular complexity index is 767. The van der Waals surface area contributed by atoms with Crippen LogP contribution in [0.4, 0.5) is 0 Å². The number of nitrogens with zero attached hydrogens (tertiary/aromatic N) is 2. The van der Waals surface area contributed by atoms with E-state index < -0.39 is 0 Å². The molecular formula is C26H42N2O2S. The third-order valence-corrected chi connectivity index (χ3v) is 11.0. The first-order valence-corrected chi connectivity index (χ1v) is 13.3. The van der Waals surface area contributed by atoms with Gasteiger partial charge >= 0.3 is 0 Å². The second-order valence-electron chi connectivity index (χ2n) is 11.6. The maximum absolute atomic E-state index is 12.5. The van der Waals surface area contributed by atoms with E-state index in [1.54, 1.807) is 18.9 Å². The highest BCUT2D eigenvalue weighted by Gasteiger charge is 2.61. The minimum absolute atomic E-state index is 0.107. The van der Waals surface area contributed by atoms with Gasteiger partial charge in [-0.25, -0.2) is 0 Å². The van der Waals surface area contributed by atoms with Crippen LogP contribution in [0.1, 0.15) is 80.1 Å². The van der Waals surface area contributed by atoms with Crippen LogP contribution in [0.15, 0.2) is 12.2 Å². The van der Waals surface area contributed by atoms with Crippen LogP contribution in [0, 0.1) is 34.5 Å². The molecule has 4 nitrogen and oxygen atoms in total. The zero-order valence-corrected chi connectivity index (χ0v) is 21.4. The van der Waals surface area contributed by atoms with Gasteiger partial charge in [0.05, 0.1) is 0 Å². The molecule has 4 rings (SSSR count). The number of carbonyl (C=O) groups excluding carboxylic acids is 2. The van der Waals surface area contributed by atoms with Crippen LogP contribution in [-0.2, 0) is 9.59 Å². The van der Waals surface area contributed by atoms with Crippen molar-refractivity contribution in [3.8, 4) is 0 Å². The first-order chi connectivity index (χ1) is 14.5. The Balaban J connectivity index is 1.59. The van der Waals surface area contributed by atoms with Crippen molar-refractivity contribution in [3.05, 3.63) is 12.2 Å². The zero-order chi connectivity index (χ0) is 22.7. The van der Waals surface area contributed by atoms with Crippen molar-refractivity contribution < 1.29 is 9.59 Å². The van der Waals surface area contributed by atoms with Crippen LogP contribution in [0.2, 0.25) is 0 Å². The van der Waals surface area contributed by atoms with Crippen LogP contribution in [0.5, 0.6) is 0 Å². The van der Waals surface area contributed by atoms with E-state index in [4.69, 9.17) is 0 Å². The fourth-order valence-corrected chi connectivity index (χ4v) is 9.36. The van der Waals surface area contributed by atoms with Crippen molar-refractivity contribution in [2.75, 3.05) is 7.05 Å². The van der Waals surface area contributed by atoms with Gasteiger partial charge < -0.3 is 4.90 Å². The number of amides is 2. The summed E-state index contributed by atoms with van der Waals surface area (Å²) in [5.74, 6) is 3.09. The number of rotatable bonds is 4. The summed E-state index contributed by atoms with van der Waals surface area (Å²) < 4.78 is 2.08. The van der Waals surface area contributed by atoms with Gasteiger partial charge in [0.1, 0.15) is 0 Å². The van der Waals surface area contributed by atoms with Gasteiger partial charge in [-0.05, 0) is 92.6 Å². The molecule has 1 aliphatic heterocycles. The van der Waals surface area contributed by atoms with E-state index in [0.717, 1.165) is 18.3 Å². The SMILES string of the molecule is CC(=O)N(SC(C)C)C(C)[C@H]1CC[C@H]2[C@@H]3CC[C@H]4N(C)C(=O)C=C[C@]4(C)[C@H]3CC[C@]12C. The first-order valence-electron chi connectivity index (χ1n) is 12.4. The van der Waals surface area contributed by atoms with E-state index in [9.17, 15) is 9.59 Å². The molecule has 3 saturated carbocycles. The van der Waals surface area contributed by atoms with E-state index in [2.05, 4.69) is 45.0 Å². The minimum atomic E-state index is 0.107. The molecule has 0 saturated heterocycles. The van der Waals surface area contributed by atoms with Gasteiger partial charge in [-0.15, -0.1) is 0 Å². The lowest BCUT2D eigenvalue weighted by Crippen LogP contribution is -2.60. The van der Waals surface area contributed by atoms with Crippen molar-refractivity contribution in [2.45, 2.75) is 97.4 Å². The Morgan fingerprint density at radius 3 is 2.48 bits per heavy atom. The van der Waals surface area contributed by atoms with Gasteiger partial charge in [0, 0.05) is 36.7 Å². The summed E-state index contributed by atoms with van der Waals surface area (Å²) in [5, 5.41) is 0.417. The van der Waals surface area contributed by atoms with Gasteiger partial charge in [-0.2, -0.15) is 0 Å². The number of likely N-dealkylation sites (N-methyl/N-ethyl adjacent to an activating group) is 1. The van der Waals surface area contributed by atoms with Gasteiger partial charge in [-0.3, -0.25) is 13.9 Å². The molecule has 8 atom stereocenters. The van der Waals surface area contributed by atoms with Gasteiger partial charge in [0.25, 0.3) is 0 Å². The Morgan fingerprint density at radius 2 is 1.84 bits per heavy atom. The van der Waals surface area contributed by atoms with Gasteiger partial charge in [0.2, 0.25) is 11.8 Å². The van der Waals surface area contributed by atoms with E-state index >= 15 is 0 Å². The quantitative estimate of drug-likeness (QED) is 0.533. The number of fused-ring (bicyclic) bond motifs is 5. The molecule has 1 heterocycles. The Labute approximate surface area is 193 Å². The number of hydrogen-bond acceptors (Lipinski definition) is 3. The largest absolute Gasteiger partial charge is 0.338 e. The molecule has 3 aliphatic carbocycles. The maximum Gasteiger partial charge on any atom is 0.246 e. The fraction of sp³-hybridized carbons (Fsp3) is 0.846.